The Hall–Kier alpha value is -1.83. The van der Waals surface area contributed by atoms with Crippen molar-refractivity contribution in [3.05, 3.63) is 60.2 Å². The third-order valence-electron chi connectivity index (χ3n) is 3.30. The van der Waals surface area contributed by atoms with Gasteiger partial charge in [0.1, 0.15) is 5.82 Å². The van der Waals surface area contributed by atoms with E-state index in [-0.39, 0.29) is 18.0 Å². The Morgan fingerprint density at radius 3 is 2.61 bits per heavy atom. The molecule has 0 aliphatic rings. The highest BCUT2D eigenvalue weighted by molar-refractivity contribution is 7.89. The second-order valence-electron chi connectivity index (χ2n) is 5.00. The maximum atomic E-state index is 13.4. The van der Waals surface area contributed by atoms with Gasteiger partial charge in [-0.05, 0) is 42.3 Å². The molecule has 0 saturated carbocycles. The van der Waals surface area contributed by atoms with E-state index in [1.54, 1.807) is 31.6 Å². The number of pyridine rings is 1. The molecular formula is C16H19FN2O3S. The third kappa shape index (κ3) is 4.82. The van der Waals surface area contributed by atoms with Gasteiger partial charge < -0.3 is 4.74 Å². The minimum atomic E-state index is -3.78. The Labute approximate surface area is 135 Å². The first kappa shape index (κ1) is 17.5. The molecule has 0 spiro atoms. The number of halogens is 1. The van der Waals surface area contributed by atoms with E-state index in [0.717, 1.165) is 11.6 Å². The predicted octanol–water partition coefficient (Wildman–Crippen LogP) is 2.45. The Balaban J connectivity index is 2.27. The highest BCUT2D eigenvalue weighted by Gasteiger charge is 2.24. The molecule has 0 N–H and O–H groups in total. The van der Waals surface area contributed by atoms with Crippen molar-refractivity contribution in [3.63, 3.8) is 0 Å². The second-order valence-corrected chi connectivity index (χ2v) is 6.94. The van der Waals surface area contributed by atoms with E-state index in [1.807, 2.05) is 0 Å². The Kier molecular flexibility index (Phi) is 6.20. The van der Waals surface area contributed by atoms with Crippen LogP contribution < -0.4 is 0 Å². The van der Waals surface area contributed by atoms with Crippen LogP contribution in [-0.4, -0.2) is 38.0 Å². The number of hydrogen-bond acceptors (Lipinski definition) is 4. The fourth-order valence-electron chi connectivity index (χ4n) is 2.14. The molecule has 0 radical (unpaired) electrons. The van der Waals surface area contributed by atoms with Gasteiger partial charge in [0.2, 0.25) is 10.0 Å². The van der Waals surface area contributed by atoms with Crippen LogP contribution in [0.15, 0.2) is 53.7 Å². The molecular weight excluding hydrogens is 319 g/mol. The molecule has 0 atom stereocenters. The van der Waals surface area contributed by atoms with E-state index in [0.29, 0.717) is 13.0 Å². The molecule has 0 bridgehead atoms. The number of hydrogen-bond donors (Lipinski definition) is 0. The zero-order valence-electron chi connectivity index (χ0n) is 12.9. The summed E-state index contributed by atoms with van der Waals surface area (Å²) in [6, 6.07) is 8.55. The number of aromatic nitrogens is 1. The molecule has 1 aromatic carbocycles. The van der Waals surface area contributed by atoms with Gasteiger partial charge in [0, 0.05) is 39.2 Å². The smallest absolute Gasteiger partial charge is 0.243 e. The number of methoxy groups -OCH3 is 1. The van der Waals surface area contributed by atoms with Crippen LogP contribution in [0.3, 0.4) is 0 Å². The maximum Gasteiger partial charge on any atom is 0.243 e. The molecule has 124 valence electrons. The molecule has 0 unspecified atom stereocenters. The Morgan fingerprint density at radius 2 is 1.96 bits per heavy atom. The molecule has 1 heterocycles. The van der Waals surface area contributed by atoms with Crippen molar-refractivity contribution in [2.75, 3.05) is 20.3 Å². The van der Waals surface area contributed by atoms with Gasteiger partial charge in [-0.25, -0.2) is 12.8 Å². The summed E-state index contributed by atoms with van der Waals surface area (Å²) in [6.45, 7) is 0.936. The van der Waals surface area contributed by atoms with Gasteiger partial charge in [-0.15, -0.1) is 0 Å². The van der Waals surface area contributed by atoms with Crippen LogP contribution in [0.5, 0.6) is 0 Å². The predicted molar refractivity (Wildman–Crippen MR) is 84.7 cm³/mol. The van der Waals surface area contributed by atoms with Crippen LogP contribution in [0.2, 0.25) is 0 Å². The highest BCUT2D eigenvalue weighted by Crippen LogP contribution is 2.19. The number of nitrogens with zero attached hydrogens (tertiary/aromatic N) is 2. The van der Waals surface area contributed by atoms with Crippen LogP contribution >= 0.6 is 0 Å². The molecule has 0 amide bonds. The van der Waals surface area contributed by atoms with Gasteiger partial charge in [0.25, 0.3) is 0 Å². The SMILES string of the molecule is COCCCN(Cc1ccncc1)S(=O)(=O)c1cccc(F)c1. The lowest BCUT2D eigenvalue weighted by molar-refractivity contribution is 0.186. The average Bonchev–Trinajstić information content (AvgIpc) is 2.55. The minimum Gasteiger partial charge on any atom is -0.385 e. The summed E-state index contributed by atoms with van der Waals surface area (Å²) < 4.78 is 45.3. The Bertz CT molecular complexity index is 723. The van der Waals surface area contributed by atoms with Crippen LogP contribution in [0.1, 0.15) is 12.0 Å². The van der Waals surface area contributed by atoms with Crippen molar-refractivity contribution in [1.29, 1.82) is 0 Å². The monoisotopic (exact) mass is 338 g/mol. The molecule has 1 aromatic heterocycles. The number of benzene rings is 1. The summed E-state index contributed by atoms with van der Waals surface area (Å²) in [5, 5.41) is 0. The van der Waals surface area contributed by atoms with Gasteiger partial charge in [0.05, 0.1) is 4.90 Å². The van der Waals surface area contributed by atoms with E-state index in [4.69, 9.17) is 4.74 Å². The first-order chi connectivity index (χ1) is 11.0. The molecule has 0 fully saturated rings. The topological polar surface area (TPSA) is 59.5 Å². The standard InChI is InChI=1S/C16H19FN2O3S/c1-22-11-3-10-19(13-14-6-8-18-9-7-14)23(20,21)16-5-2-4-15(17)12-16/h2,4-9,12H,3,10-11,13H2,1H3. The summed E-state index contributed by atoms with van der Waals surface area (Å²) >= 11 is 0. The zero-order chi connectivity index (χ0) is 16.7. The van der Waals surface area contributed by atoms with E-state index in [1.165, 1.54) is 22.5 Å². The lowest BCUT2D eigenvalue weighted by Gasteiger charge is -2.22. The first-order valence-corrected chi connectivity index (χ1v) is 8.61. The van der Waals surface area contributed by atoms with Crippen molar-refractivity contribution in [3.8, 4) is 0 Å². The van der Waals surface area contributed by atoms with Gasteiger partial charge in [0.15, 0.2) is 0 Å². The van der Waals surface area contributed by atoms with E-state index < -0.39 is 15.8 Å². The largest absolute Gasteiger partial charge is 0.385 e. The fraction of sp³-hybridized carbons (Fsp3) is 0.312. The lowest BCUT2D eigenvalue weighted by Crippen LogP contribution is -2.32. The molecule has 2 rings (SSSR count). The molecule has 23 heavy (non-hydrogen) atoms. The van der Waals surface area contributed by atoms with Gasteiger partial charge in [-0.2, -0.15) is 4.31 Å². The number of ether oxygens (including phenoxy) is 1. The van der Waals surface area contributed by atoms with Crippen LogP contribution in [0, 0.1) is 5.82 Å². The van der Waals surface area contributed by atoms with Crippen molar-refractivity contribution >= 4 is 10.0 Å². The van der Waals surface area contributed by atoms with E-state index in [2.05, 4.69) is 4.98 Å². The molecule has 0 aliphatic heterocycles. The lowest BCUT2D eigenvalue weighted by atomic mass is 10.2. The van der Waals surface area contributed by atoms with Crippen molar-refractivity contribution in [1.82, 2.24) is 9.29 Å². The van der Waals surface area contributed by atoms with Gasteiger partial charge in [-0.3, -0.25) is 4.98 Å². The number of rotatable bonds is 8. The molecule has 0 aliphatic carbocycles. The fourth-order valence-corrected chi connectivity index (χ4v) is 3.64. The zero-order valence-corrected chi connectivity index (χ0v) is 13.7. The van der Waals surface area contributed by atoms with Crippen molar-refractivity contribution in [2.24, 2.45) is 0 Å². The third-order valence-corrected chi connectivity index (χ3v) is 5.14. The molecule has 2 aromatic rings. The summed E-state index contributed by atoms with van der Waals surface area (Å²) in [5.41, 5.74) is 0.817. The van der Waals surface area contributed by atoms with Crippen molar-refractivity contribution in [2.45, 2.75) is 17.9 Å². The molecule has 0 saturated heterocycles. The van der Waals surface area contributed by atoms with Crippen LogP contribution in [0.25, 0.3) is 0 Å². The molecule has 7 heteroatoms. The highest BCUT2D eigenvalue weighted by atomic mass is 32.2. The summed E-state index contributed by atoms with van der Waals surface area (Å²) in [7, 11) is -2.22. The second kappa shape index (κ2) is 8.14. The summed E-state index contributed by atoms with van der Waals surface area (Å²) in [6.07, 6.45) is 3.77. The van der Waals surface area contributed by atoms with Gasteiger partial charge in [-0.1, -0.05) is 6.07 Å². The average molecular weight is 338 g/mol. The minimum absolute atomic E-state index is 0.0519. The maximum absolute atomic E-state index is 13.4. The Morgan fingerprint density at radius 1 is 1.22 bits per heavy atom. The number of sulfonamides is 1. The van der Waals surface area contributed by atoms with Gasteiger partial charge >= 0.3 is 0 Å². The van der Waals surface area contributed by atoms with E-state index >= 15 is 0 Å². The first-order valence-electron chi connectivity index (χ1n) is 7.17. The van der Waals surface area contributed by atoms with E-state index in [9.17, 15) is 12.8 Å². The quantitative estimate of drug-likeness (QED) is 0.694. The molecule has 5 nitrogen and oxygen atoms in total. The summed E-state index contributed by atoms with van der Waals surface area (Å²) in [4.78, 5) is 3.87. The summed E-state index contributed by atoms with van der Waals surface area (Å²) in [5.74, 6) is -0.577. The van der Waals surface area contributed by atoms with Crippen LogP contribution in [0.4, 0.5) is 4.39 Å². The normalized spacial score (nSPS) is 11.8. The van der Waals surface area contributed by atoms with Crippen molar-refractivity contribution < 1.29 is 17.5 Å². The van der Waals surface area contributed by atoms with Crippen LogP contribution in [-0.2, 0) is 21.3 Å².